The Morgan fingerprint density at radius 1 is 0.966 bits per heavy atom. The van der Waals surface area contributed by atoms with Gasteiger partial charge in [0.2, 0.25) is 0 Å². The number of carbonyl (C=O) groups is 1. The van der Waals surface area contributed by atoms with Crippen LogP contribution in [0.15, 0.2) is 82.6 Å². The van der Waals surface area contributed by atoms with E-state index in [4.69, 9.17) is 9.15 Å². The fourth-order valence-corrected chi connectivity index (χ4v) is 4.26. The maximum Gasteiger partial charge on any atom is 0.163 e. The first kappa shape index (κ1) is 17.6. The summed E-state index contributed by atoms with van der Waals surface area (Å²) in [5.74, 6) is 1.84. The molecule has 0 bridgehead atoms. The minimum absolute atomic E-state index is 0.0468. The van der Waals surface area contributed by atoms with Crippen LogP contribution in [0.25, 0.3) is 0 Å². The third-order valence-corrected chi connectivity index (χ3v) is 5.70. The molecular formula is C24H22N2O3. The van der Waals surface area contributed by atoms with Gasteiger partial charge < -0.3 is 19.8 Å². The molecule has 2 aliphatic rings. The SMILES string of the molecule is COc1ccc(C2Nc3ccccc3NC3=C2C(=O)CC(c2ccco2)C3)cc1. The van der Waals surface area contributed by atoms with Crippen molar-refractivity contribution in [1.29, 1.82) is 0 Å². The molecule has 3 aromatic rings. The summed E-state index contributed by atoms with van der Waals surface area (Å²) in [5, 5.41) is 7.12. The van der Waals surface area contributed by atoms with Gasteiger partial charge in [-0.1, -0.05) is 24.3 Å². The zero-order chi connectivity index (χ0) is 19.8. The van der Waals surface area contributed by atoms with E-state index in [0.717, 1.165) is 46.1 Å². The highest BCUT2D eigenvalue weighted by atomic mass is 16.5. The van der Waals surface area contributed by atoms with Crippen LogP contribution in [0.3, 0.4) is 0 Å². The summed E-state index contributed by atoms with van der Waals surface area (Å²) in [6.07, 6.45) is 2.84. The molecular weight excluding hydrogens is 364 g/mol. The number of ether oxygens (including phenoxy) is 1. The number of nitrogens with one attached hydrogen (secondary N) is 2. The molecule has 29 heavy (non-hydrogen) atoms. The molecule has 0 amide bonds. The number of rotatable bonds is 3. The highest BCUT2D eigenvalue weighted by molar-refractivity contribution is 6.01. The Morgan fingerprint density at radius 3 is 2.48 bits per heavy atom. The Hall–Kier alpha value is -3.47. The lowest BCUT2D eigenvalue weighted by atomic mass is 9.80. The minimum atomic E-state index is -0.225. The lowest BCUT2D eigenvalue weighted by molar-refractivity contribution is -0.116. The molecule has 1 aliphatic heterocycles. The molecule has 0 saturated heterocycles. The molecule has 0 saturated carbocycles. The van der Waals surface area contributed by atoms with Gasteiger partial charge in [0.05, 0.1) is 30.8 Å². The molecule has 5 rings (SSSR count). The number of carbonyl (C=O) groups excluding carboxylic acids is 1. The summed E-state index contributed by atoms with van der Waals surface area (Å²) in [7, 11) is 1.65. The average Bonchev–Trinajstić information content (AvgIpc) is 3.23. The molecule has 0 radical (unpaired) electrons. The second kappa shape index (κ2) is 7.17. The molecule has 2 N–H and O–H groups in total. The molecule has 0 fully saturated rings. The number of hydrogen-bond acceptors (Lipinski definition) is 5. The van der Waals surface area contributed by atoms with Gasteiger partial charge in [0.1, 0.15) is 11.5 Å². The number of furan rings is 1. The van der Waals surface area contributed by atoms with Crippen molar-refractivity contribution in [3.05, 3.63) is 89.5 Å². The number of allylic oxidation sites excluding steroid dienone is 1. The van der Waals surface area contributed by atoms with Crippen molar-refractivity contribution >= 4 is 17.2 Å². The third kappa shape index (κ3) is 3.18. The summed E-state index contributed by atoms with van der Waals surface area (Å²) in [6.45, 7) is 0. The van der Waals surface area contributed by atoms with Gasteiger partial charge in [0.25, 0.3) is 0 Å². The summed E-state index contributed by atoms with van der Waals surface area (Å²) >= 11 is 0. The number of anilines is 2. The third-order valence-electron chi connectivity index (χ3n) is 5.70. The molecule has 1 aliphatic carbocycles. The molecule has 146 valence electrons. The highest BCUT2D eigenvalue weighted by Gasteiger charge is 2.36. The number of Topliss-reactive ketones (excluding diaryl/α,β-unsaturated/α-hetero) is 1. The number of hydrogen-bond donors (Lipinski definition) is 2. The van der Waals surface area contributed by atoms with Crippen LogP contribution in [0.4, 0.5) is 11.4 Å². The van der Waals surface area contributed by atoms with E-state index >= 15 is 0 Å². The van der Waals surface area contributed by atoms with E-state index in [1.807, 2.05) is 60.7 Å². The van der Waals surface area contributed by atoms with Gasteiger partial charge in [-0.05, 0) is 48.4 Å². The van der Waals surface area contributed by atoms with Crippen molar-refractivity contribution in [2.45, 2.75) is 24.8 Å². The summed E-state index contributed by atoms with van der Waals surface area (Å²) in [4.78, 5) is 13.3. The topological polar surface area (TPSA) is 63.5 Å². The molecule has 5 heteroatoms. The van der Waals surface area contributed by atoms with Crippen LogP contribution in [0.1, 0.15) is 36.1 Å². The van der Waals surface area contributed by atoms with Gasteiger partial charge in [0.15, 0.2) is 5.78 Å². The van der Waals surface area contributed by atoms with E-state index in [9.17, 15) is 4.79 Å². The first-order valence-electron chi connectivity index (χ1n) is 9.79. The maximum atomic E-state index is 13.3. The zero-order valence-corrected chi connectivity index (χ0v) is 16.1. The molecule has 2 atom stereocenters. The van der Waals surface area contributed by atoms with Crippen molar-refractivity contribution in [2.24, 2.45) is 0 Å². The fraction of sp³-hybridized carbons (Fsp3) is 0.208. The van der Waals surface area contributed by atoms with Crippen LogP contribution in [-0.2, 0) is 4.79 Å². The smallest absolute Gasteiger partial charge is 0.163 e. The van der Waals surface area contributed by atoms with E-state index in [0.29, 0.717) is 6.42 Å². The van der Waals surface area contributed by atoms with Gasteiger partial charge in [-0.3, -0.25) is 4.79 Å². The normalized spacial score (nSPS) is 20.8. The fourth-order valence-electron chi connectivity index (χ4n) is 4.26. The van der Waals surface area contributed by atoms with E-state index in [-0.39, 0.29) is 17.7 Å². The van der Waals surface area contributed by atoms with Crippen molar-refractivity contribution in [1.82, 2.24) is 0 Å². The van der Waals surface area contributed by atoms with Crippen LogP contribution >= 0.6 is 0 Å². The molecule has 1 aromatic heterocycles. The van der Waals surface area contributed by atoms with Gasteiger partial charge in [-0.15, -0.1) is 0 Å². The number of para-hydroxylation sites is 2. The average molecular weight is 386 g/mol. The maximum absolute atomic E-state index is 13.3. The van der Waals surface area contributed by atoms with Crippen LogP contribution in [0, 0.1) is 0 Å². The monoisotopic (exact) mass is 386 g/mol. The van der Waals surface area contributed by atoms with E-state index < -0.39 is 0 Å². The Morgan fingerprint density at radius 2 is 1.76 bits per heavy atom. The number of benzene rings is 2. The largest absolute Gasteiger partial charge is 0.497 e. The Kier molecular flexibility index (Phi) is 4.35. The quantitative estimate of drug-likeness (QED) is 0.642. The van der Waals surface area contributed by atoms with Crippen molar-refractivity contribution in [3.63, 3.8) is 0 Å². The Labute approximate surface area is 169 Å². The van der Waals surface area contributed by atoms with Gasteiger partial charge in [0, 0.05) is 23.6 Å². The zero-order valence-electron chi connectivity index (χ0n) is 16.1. The molecule has 0 spiro atoms. The highest BCUT2D eigenvalue weighted by Crippen LogP contribution is 2.44. The van der Waals surface area contributed by atoms with E-state index in [2.05, 4.69) is 10.6 Å². The standard InChI is InChI=1S/C24H22N2O3/c1-28-17-10-8-15(9-11-17)24-23-20(25-18-5-2-3-6-19(18)26-24)13-16(14-21(23)27)22-7-4-12-29-22/h2-12,16,24-26H,13-14H2,1H3. The summed E-state index contributed by atoms with van der Waals surface area (Å²) in [6, 6.07) is 19.6. The van der Waals surface area contributed by atoms with Crippen LogP contribution < -0.4 is 15.4 Å². The van der Waals surface area contributed by atoms with Crippen LogP contribution in [0.5, 0.6) is 5.75 Å². The van der Waals surface area contributed by atoms with Crippen molar-refractivity contribution in [3.8, 4) is 5.75 Å². The lowest BCUT2D eigenvalue weighted by Crippen LogP contribution is -2.26. The van der Waals surface area contributed by atoms with Crippen LogP contribution in [-0.4, -0.2) is 12.9 Å². The molecule has 2 aromatic carbocycles. The second-order valence-electron chi connectivity index (χ2n) is 7.46. The molecule has 2 unspecified atom stereocenters. The Bertz CT molecular complexity index is 1070. The van der Waals surface area contributed by atoms with E-state index in [1.54, 1.807) is 13.4 Å². The summed E-state index contributed by atoms with van der Waals surface area (Å²) in [5.41, 5.74) is 4.74. The number of ketones is 1. The Balaban J connectivity index is 1.60. The van der Waals surface area contributed by atoms with Crippen molar-refractivity contribution < 1.29 is 13.9 Å². The van der Waals surface area contributed by atoms with Gasteiger partial charge >= 0.3 is 0 Å². The minimum Gasteiger partial charge on any atom is -0.497 e. The van der Waals surface area contributed by atoms with Crippen molar-refractivity contribution in [2.75, 3.05) is 17.7 Å². The predicted molar refractivity (Wildman–Crippen MR) is 112 cm³/mol. The van der Waals surface area contributed by atoms with Gasteiger partial charge in [-0.25, -0.2) is 0 Å². The molecule has 2 heterocycles. The first-order valence-corrected chi connectivity index (χ1v) is 9.79. The number of fused-ring (bicyclic) bond motifs is 1. The number of methoxy groups -OCH3 is 1. The van der Waals surface area contributed by atoms with Gasteiger partial charge in [-0.2, -0.15) is 0 Å². The molecule has 5 nitrogen and oxygen atoms in total. The predicted octanol–water partition coefficient (Wildman–Crippen LogP) is 5.27. The summed E-state index contributed by atoms with van der Waals surface area (Å²) < 4.78 is 10.9. The van der Waals surface area contributed by atoms with Crippen LogP contribution in [0.2, 0.25) is 0 Å². The second-order valence-corrected chi connectivity index (χ2v) is 7.46. The lowest BCUT2D eigenvalue weighted by Gasteiger charge is -2.29. The van der Waals surface area contributed by atoms with E-state index in [1.165, 1.54) is 0 Å². The first-order chi connectivity index (χ1) is 14.2.